The predicted molar refractivity (Wildman–Crippen MR) is 107 cm³/mol. The highest BCUT2D eigenvalue weighted by atomic mass is 127. The molecule has 6 heteroatoms. The van der Waals surface area contributed by atoms with E-state index < -0.39 is 20.5 Å². The number of carbonyl (C=O) groups excluding carboxylic acids is 1. The highest BCUT2D eigenvalue weighted by Crippen LogP contribution is 2.41. The highest BCUT2D eigenvalue weighted by molar-refractivity contribution is 14.1. The number of anilines is 1. The van der Waals surface area contributed by atoms with Gasteiger partial charge in [-0.3, -0.25) is 4.79 Å². The van der Waals surface area contributed by atoms with Crippen molar-refractivity contribution in [2.24, 2.45) is 0 Å². The van der Waals surface area contributed by atoms with Gasteiger partial charge < -0.3 is 5.32 Å². The van der Waals surface area contributed by atoms with Crippen molar-refractivity contribution in [3.05, 3.63) is 57.7 Å². The molecule has 0 unspecified atom stereocenters. The summed E-state index contributed by atoms with van der Waals surface area (Å²) in [6.45, 7) is 1.91. The Hall–Kier alpha value is -1.41. The first kappa shape index (κ1) is 18.4. The minimum Gasteiger partial charge on any atom is -0.324 e. The van der Waals surface area contributed by atoms with Gasteiger partial charge in [0.05, 0.1) is 10.6 Å². The normalized spacial score (nSPS) is 16.6. The fourth-order valence-corrected chi connectivity index (χ4v) is 5.89. The summed E-state index contributed by atoms with van der Waals surface area (Å²) in [5.74, 6) is -0.422. The molecule has 25 heavy (non-hydrogen) atoms. The van der Waals surface area contributed by atoms with Crippen LogP contribution in [0.4, 0.5) is 5.69 Å². The fourth-order valence-electron chi connectivity index (χ4n) is 3.31. The lowest BCUT2D eigenvalue weighted by atomic mass is 10.1. The van der Waals surface area contributed by atoms with Crippen LogP contribution in [-0.4, -0.2) is 19.1 Å². The van der Waals surface area contributed by atoms with E-state index in [2.05, 4.69) is 27.9 Å². The number of para-hydroxylation sites is 1. The molecule has 2 aromatic carbocycles. The number of nitrogens with one attached hydrogen (secondary N) is 1. The van der Waals surface area contributed by atoms with Gasteiger partial charge in [-0.15, -0.1) is 0 Å². The van der Waals surface area contributed by atoms with E-state index >= 15 is 0 Å². The molecule has 0 saturated heterocycles. The summed E-state index contributed by atoms with van der Waals surface area (Å²) in [6, 6.07) is 14.1. The van der Waals surface area contributed by atoms with Gasteiger partial charge in [-0.05, 0) is 66.6 Å². The largest absolute Gasteiger partial charge is 0.324 e. The smallest absolute Gasteiger partial charge is 0.246 e. The van der Waals surface area contributed by atoms with Gasteiger partial charge in [0.1, 0.15) is 0 Å². The first-order valence-electron chi connectivity index (χ1n) is 8.24. The second kappa shape index (κ2) is 7.07. The Bertz CT molecular complexity index is 885. The van der Waals surface area contributed by atoms with Crippen LogP contribution < -0.4 is 5.32 Å². The van der Waals surface area contributed by atoms with E-state index in [4.69, 9.17) is 0 Å². The summed E-state index contributed by atoms with van der Waals surface area (Å²) in [6.07, 6.45) is 2.20. The lowest BCUT2D eigenvalue weighted by Crippen LogP contribution is -2.47. The number of halogens is 1. The molecule has 0 radical (unpaired) electrons. The van der Waals surface area contributed by atoms with Crippen molar-refractivity contribution < 1.29 is 13.2 Å². The van der Waals surface area contributed by atoms with Gasteiger partial charge in [-0.25, -0.2) is 8.42 Å². The summed E-state index contributed by atoms with van der Waals surface area (Å²) in [5.41, 5.74) is 1.64. The van der Waals surface area contributed by atoms with Crippen LogP contribution >= 0.6 is 22.6 Å². The third-order valence-electron chi connectivity index (χ3n) is 4.79. The van der Waals surface area contributed by atoms with Crippen molar-refractivity contribution in [1.29, 1.82) is 0 Å². The minimum atomic E-state index is -3.76. The molecule has 0 spiro atoms. The topological polar surface area (TPSA) is 63.2 Å². The van der Waals surface area contributed by atoms with Crippen molar-refractivity contribution in [3.8, 4) is 0 Å². The van der Waals surface area contributed by atoms with Crippen molar-refractivity contribution in [3.63, 3.8) is 0 Å². The van der Waals surface area contributed by atoms with E-state index in [9.17, 15) is 13.2 Å². The Morgan fingerprint density at radius 2 is 1.64 bits per heavy atom. The van der Waals surface area contributed by atoms with E-state index in [1.165, 1.54) is 0 Å². The Kier molecular flexibility index (Phi) is 5.20. The maximum absolute atomic E-state index is 13.3. The standard InChI is InChI=1S/C19H20INO3S/c1-14-8-10-15(11-9-14)25(23,24)19(12-4-5-13-19)18(22)21-17-7-3-2-6-16(17)20/h2-3,6-11H,4-5,12-13H2,1H3,(H,21,22). The number of carbonyl (C=O) groups is 1. The average Bonchev–Trinajstić information content (AvgIpc) is 3.09. The molecule has 1 N–H and O–H groups in total. The van der Waals surface area contributed by atoms with Crippen LogP contribution in [0.1, 0.15) is 31.2 Å². The molecule has 0 bridgehead atoms. The number of hydrogen-bond acceptors (Lipinski definition) is 3. The molecule has 1 aliphatic rings. The lowest BCUT2D eigenvalue weighted by Gasteiger charge is -2.28. The predicted octanol–water partition coefficient (Wildman–Crippen LogP) is 4.32. The van der Waals surface area contributed by atoms with Gasteiger partial charge >= 0.3 is 0 Å². The van der Waals surface area contributed by atoms with Crippen LogP contribution in [0.5, 0.6) is 0 Å². The molecule has 4 nitrogen and oxygen atoms in total. The maximum atomic E-state index is 13.3. The molecule has 0 atom stereocenters. The van der Waals surface area contributed by atoms with Crippen molar-refractivity contribution in [2.75, 3.05) is 5.32 Å². The molecule has 0 aromatic heterocycles. The SMILES string of the molecule is Cc1ccc(S(=O)(=O)C2(C(=O)Nc3ccccc3I)CCCC2)cc1. The van der Waals surface area contributed by atoms with E-state index in [0.29, 0.717) is 18.5 Å². The lowest BCUT2D eigenvalue weighted by molar-refractivity contribution is -0.118. The van der Waals surface area contributed by atoms with Crippen molar-refractivity contribution in [2.45, 2.75) is 42.2 Å². The number of amides is 1. The molecule has 0 aliphatic heterocycles. The number of rotatable bonds is 4. The van der Waals surface area contributed by atoms with Crippen LogP contribution in [0, 0.1) is 10.5 Å². The zero-order chi connectivity index (χ0) is 18.1. The van der Waals surface area contributed by atoms with Crippen molar-refractivity contribution >= 4 is 44.0 Å². The summed E-state index contributed by atoms with van der Waals surface area (Å²) in [5, 5.41) is 2.85. The maximum Gasteiger partial charge on any atom is 0.246 e. The van der Waals surface area contributed by atoms with Crippen LogP contribution in [0.3, 0.4) is 0 Å². The van der Waals surface area contributed by atoms with Gasteiger partial charge in [0, 0.05) is 3.57 Å². The van der Waals surface area contributed by atoms with E-state index in [-0.39, 0.29) is 4.90 Å². The second-order valence-corrected chi connectivity index (χ2v) is 9.87. The molecule has 1 amide bonds. The molecular weight excluding hydrogens is 449 g/mol. The van der Waals surface area contributed by atoms with Crippen LogP contribution in [0.25, 0.3) is 0 Å². The van der Waals surface area contributed by atoms with Gasteiger partial charge in [-0.2, -0.15) is 0 Å². The van der Waals surface area contributed by atoms with Gasteiger partial charge in [-0.1, -0.05) is 42.7 Å². The van der Waals surface area contributed by atoms with Crippen LogP contribution in [-0.2, 0) is 14.6 Å². The van der Waals surface area contributed by atoms with E-state index in [0.717, 1.165) is 22.0 Å². The van der Waals surface area contributed by atoms with Gasteiger partial charge in [0.15, 0.2) is 14.6 Å². The molecule has 3 rings (SSSR count). The first-order valence-corrected chi connectivity index (χ1v) is 10.8. The zero-order valence-corrected chi connectivity index (χ0v) is 16.9. The van der Waals surface area contributed by atoms with Crippen molar-refractivity contribution in [1.82, 2.24) is 0 Å². The summed E-state index contributed by atoms with van der Waals surface area (Å²) < 4.78 is 26.1. The average molecular weight is 469 g/mol. The summed E-state index contributed by atoms with van der Waals surface area (Å²) in [7, 11) is -3.76. The summed E-state index contributed by atoms with van der Waals surface area (Å²) >= 11 is 2.13. The molecular formula is C19H20INO3S. The first-order chi connectivity index (χ1) is 11.9. The molecule has 1 aliphatic carbocycles. The highest BCUT2D eigenvalue weighted by Gasteiger charge is 2.53. The quantitative estimate of drug-likeness (QED) is 0.679. The molecule has 1 fully saturated rings. The van der Waals surface area contributed by atoms with Crippen LogP contribution in [0.2, 0.25) is 0 Å². The van der Waals surface area contributed by atoms with Crippen LogP contribution in [0.15, 0.2) is 53.4 Å². The fraction of sp³-hybridized carbons (Fsp3) is 0.316. The van der Waals surface area contributed by atoms with Gasteiger partial charge in [0.2, 0.25) is 5.91 Å². The molecule has 132 valence electrons. The number of sulfone groups is 1. The number of aryl methyl sites for hydroxylation is 1. The second-order valence-electron chi connectivity index (χ2n) is 6.45. The monoisotopic (exact) mass is 469 g/mol. The molecule has 1 saturated carbocycles. The number of benzene rings is 2. The minimum absolute atomic E-state index is 0.220. The number of hydrogen-bond donors (Lipinski definition) is 1. The summed E-state index contributed by atoms with van der Waals surface area (Å²) in [4.78, 5) is 13.3. The Morgan fingerprint density at radius 1 is 1.04 bits per heavy atom. The van der Waals surface area contributed by atoms with Gasteiger partial charge in [0.25, 0.3) is 0 Å². The third kappa shape index (κ3) is 3.33. The van der Waals surface area contributed by atoms with E-state index in [1.807, 2.05) is 25.1 Å². The van der Waals surface area contributed by atoms with E-state index in [1.54, 1.807) is 30.3 Å². The molecule has 0 heterocycles. The third-order valence-corrected chi connectivity index (χ3v) is 8.25. The zero-order valence-electron chi connectivity index (χ0n) is 14.0. The Balaban J connectivity index is 2.00. The molecule has 2 aromatic rings. The Morgan fingerprint density at radius 3 is 2.24 bits per heavy atom. The Labute approximate surface area is 162 Å².